The molecule has 25 heavy (non-hydrogen) atoms. The first-order valence-electron chi connectivity index (χ1n) is 8.88. The molecule has 1 amide bonds. The van der Waals surface area contributed by atoms with Gasteiger partial charge in [-0.1, -0.05) is 13.8 Å². The fraction of sp³-hybridized carbons (Fsp3) is 0.526. The number of hydrogen-bond donors (Lipinski definition) is 1. The van der Waals surface area contributed by atoms with E-state index >= 15 is 0 Å². The maximum absolute atomic E-state index is 13.0. The van der Waals surface area contributed by atoms with E-state index in [1.54, 1.807) is 4.90 Å². The Morgan fingerprint density at radius 1 is 1.44 bits per heavy atom. The van der Waals surface area contributed by atoms with Crippen LogP contribution in [0.25, 0.3) is 0 Å². The number of carbonyl (C=O) groups is 1. The van der Waals surface area contributed by atoms with Crippen molar-refractivity contribution in [2.24, 2.45) is 13.0 Å². The summed E-state index contributed by atoms with van der Waals surface area (Å²) in [6.07, 6.45) is 5.56. The van der Waals surface area contributed by atoms with Crippen LogP contribution in [0.3, 0.4) is 0 Å². The molecule has 0 bridgehead atoms. The van der Waals surface area contributed by atoms with Crippen LogP contribution in [0.2, 0.25) is 0 Å². The number of amides is 1. The number of H-pyrrole nitrogens is 1. The zero-order valence-electron chi connectivity index (χ0n) is 15.4. The number of hydrogen-bond acceptors (Lipinski definition) is 3. The third-order valence-electron chi connectivity index (χ3n) is 4.91. The predicted octanol–water partition coefficient (Wildman–Crippen LogP) is 2.46. The van der Waals surface area contributed by atoms with E-state index in [1.807, 2.05) is 31.0 Å². The lowest BCUT2D eigenvalue weighted by molar-refractivity contribution is 0.0714. The number of nitrogens with zero attached hydrogens (tertiary/aromatic N) is 3. The lowest BCUT2D eigenvalue weighted by Gasteiger charge is -2.31. The quantitative estimate of drug-likeness (QED) is 0.928. The summed E-state index contributed by atoms with van der Waals surface area (Å²) in [5.74, 6) is 0.299. The molecule has 2 aromatic heterocycles. The van der Waals surface area contributed by atoms with Crippen LogP contribution in [0, 0.1) is 5.92 Å². The van der Waals surface area contributed by atoms with Crippen molar-refractivity contribution in [1.82, 2.24) is 19.7 Å². The predicted molar refractivity (Wildman–Crippen MR) is 96.6 cm³/mol. The van der Waals surface area contributed by atoms with Crippen LogP contribution in [0.4, 0.5) is 0 Å². The van der Waals surface area contributed by atoms with E-state index in [2.05, 4.69) is 23.9 Å². The van der Waals surface area contributed by atoms with E-state index in [0.717, 1.165) is 36.9 Å². The standard InChI is InChI=1S/C19H26N4O2/c1-12(2)8-14-9-13(10-18(24)21-14)19(25)22(3)16-6-5-7-17-15(16)11-20-23(17)4/h9-12,16H,5-8H2,1-4H3,(H,21,24)/t16-/m0/s1. The number of aromatic nitrogens is 3. The van der Waals surface area contributed by atoms with Crippen LogP contribution < -0.4 is 5.56 Å². The third-order valence-corrected chi connectivity index (χ3v) is 4.91. The summed E-state index contributed by atoms with van der Waals surface area (Å²) in [4.78, 5) is 29.5. The molecule has 1 aliphatic carbocycles. The first kappa shape index (κ1) is 17.5. The Hall–Kier alpha value is -2.37. The number of fused-ring (bicyclic) bond motifs is 1. The second-order valence-corrected chi connectivity index (χ2v) is 7.35. The second-order valence-electron chi connectivity index (χ2n) is 7.35. The molecule has 6 heteroatoms. The Morgan fingerprint density at radius 2 is 2.20 bits per heavy atom. The van der Waals surface area contributed by atoms with Gasteiger partial charge in [-0.3, -0.25) is 14.3 Å². The Bertz CT molecular complexity index is 834. The minimum atomic E-state index is -0.222. The SMILES string of the molecule is CC(C)Cc1cc(C(=O)N(C)[C@H]2CCCc3c2cnn3C)cc(=O)[nH]1. The van der Waals surface area contributed by atoms with Gasteiger partial charge >= 0.3 is 0 Å². The fourth-order valence-electron chi connectivity index (χ4n) is 3.70. The van der Waals surface area contributed by atoms with Gasteiger partial charge in [0, 0.05) is 42.7 Å². The first-order valence-corrected chi connectivity index (χ1v) is 8.88. The van der Waals surface area contributed by atoms with Crippen molar-refractivity contribution in [3.05, 3.63) is 51.2 Å². The molecule has 0 radical (unpaired) electrons. The van der Waals surface area contributed by atoms with E-state index in [0.29, 0.717) is 11.5 Å². The summed E-state index contributed by atoms with van der Waals surface area (Å²) in [6, 6.07) is 3.22. The van der Waals surface area contributed by atoms with Crippen molar-refractivity contribution < 1.29 is 4.79 Å². The van der Waals surface area contributed by atoms with Gasteiger partial charge in [-0.05, 0) is 37.7 Å². The molecular weight excluding hydrogens is 316 g/mol. The van der Waals surface area contributed by atoms with Crippen LogP contribution in [-0.2, 0) is 19.9 Å². The fourth-order valence-corrected chi connectivity index (χ4v) is 3.70. The average Bonchev–Trinajstić information content (AvgIpc) is 2.94. The Morgan fingerprint density at radius 3 is 2.92 bits per heavy atom. The molecule has 1 N–H and O–H groups in total. The lowest BCUT2D eigenvalue weighted by atomic mass is 9.91. The van der Waals surface area contributed by atoms with Gasteiger partial charge < -0.3 is 9.88 Å². The minimum Gasteiger partial charge on any atom is -0.335 e. The van der Waals surface area contributed by atoms with Gasteiger partial charge in [-0.15, -0.1) is 0 Å². The van der Waals surface area contributed by atoms with Crippen molar-refractivity contribution in [2.45, 2.75) is 45.6 Å². The van der Waals surface area contributed by atoms with E-state index in [-0.39, 0.29) is 17.5 Å². The lowest BCUT2D eigenvalue weighted by Crippen LogP contribution is -2.34. The van der Waals surface area contributed by atoms with Crippen LogP contribution >= 0.6 is 0 Å². The number of aromatic amines is 1. The average molecular weight is 342 g/mol. The molecule has 0 saturated heterocycles. The van der Waals surface area contributed by atoms with Crippen molar-refractivity contribution >= 4 is 5.91 Å². The highest BCUT2D eigenvalue weighted by Gasteiger charge is 2.29. The highest BCUT2D eigenvalue weighted by molar-refractivity contribution is 5.94. The van der Waals surface area contributed by atoms with Gasteiger partial charge in [-0.2, -0.15) is 5.10 Å². The number of carbonyl (C=O) groups excluding carboxylic acids is 1. The smallest absolute Gasteiger partial charge is 0.254 e. The van der Waals surface area contributed by atoms with Crippen molar-refractivity contribution in [2.75, 3.05) is 7.05 Å². The number of nitrogens with one attached hydrogen (secondary N) is 1. The van der Waals surface area contributed by atoms with Crippen LogP contribution in [0.1, 0.15) is 60.0 Å². The van der Waals surface area contributed by atoms with E-state index in [4.69, 9.17) is 0 Å². The van der Waals surface area contributed by atoms with Gasteiger partial charge in [0.15, 0.2) is 0 Å². The summed E-state index contributed by atoms with van der Waals surface area (Å²) >= 11 is 0. The van der Waals surface area contributed by atoms with Gasteiger partial charge in [0.05, 0.1) is 12.2 Å². The monoisotopic (exact) mass is 342 g/mol. The van der Waals surface area contributed by atoms with Crippen LogP contribution in [0.5, 0.6) is 0 Å². The van der Waals surface area contributed by atoms with Crippen LogP contribution in [0.15, 0.2) is 23.1 Å². The molecule has 0 aliphatic heterocycles. The Kier molecular flexibility index (Phi) is 4.79. The van der Waals surface area contributed by atoms with Gasteiger partial charge in [0.2, 0.25) is 5.56 Å². The zero-order valence-corrected chi connectivity index (χ0v) is 15.4. The van der Waals surface area contributed by atoms with E-state index in [1.165, 1.54) is 11.8 Å². The molecule has 1 atom stereocenters. The zero-order chi connectivity index (χ0) is 18.1. The molecule has 6 nitrogen and oxygen atoms in total. The third kappa shape index (κ3) is 3.52. The maximum Gasteiger partial charge on any atom is 0.254 e. The molecular formula is C19H26N4O2. The molecule has 3 rings (SSSR count). The van der Waals surface area contributed by atoms with E-state index < -0.39 is 0 Å². The van der Waals surface area contributed by atoms with Crippen LogP contribution in [-0.4, -0.2) is 32.6 Å². The van der Waals surface area contributed by atoms with Crippen molar-refractivity contribution in [3.63, 3.8) is 0 Å². The molecule has 0 saturated carbocycles. The highest BCUT2D eigenvalue weighted by Crippen LogP contribution is 2.33. The minimum absolute atomic E-state index is 0.0118. The largest absolute Gasteiger partial charge is 0.335 e. The molecule has 1 aliphatic rings. The molecule has 0 unspecified atom stereocenters. The Labute approximate surface area is 147 Å². The molecule has 0 aromatic carbocycles. The summed E-state index contributed by atoms with van der Waals surface area (Å²) < 4.78 is 1.90. The summed E-state index contributed by atoms with van der Waals surface area (Å²) in [6.45, 7) is 4.18. The van der Waals surface area contributed by atoms with Crippen molar-refractivity contribution in [3.8, 4) is 0 Å². The van der Waals surface area contributed by atoms with Gasteiger partial charge in [0.1, 0.15) is 0 Å². The maximum atomic E-state index is 13.0. The molecule has 2 heterocycles. The number of aryl methyl sites for hydroxylation is 1. The Balaban J connectivity index is 1.89. The topological polar surface area (TPSA) is 71.0 Å². The van der Waals surface area contributed by atoms with E-state index in [9.17, 15) is 9.59 Å². The normalized spacial score (nSPS) is 16.8. The number of pyridine rings is 1. The molecule has 134 valence electrons. The molecule has 0 spiro atoms. The van der Waals surface area contributed by atoms with Crippen molar-refractivity contribution in [1.29, 1.82) is 0 Å². The summed E-state index contributed by atoms with van der Waals surface area (Å²) in [5.41, 5.74) is 3.36. The summed E-state index contributed by atoms with van der Waals surface area (Å²) in [5, 5.41) is 4.35. The van der Waals surface area contributed by atoms with Gasteiger partial charge in [-0.25, -0.2) is 0 Å². The second kappa shape index (κ2) is 6.86. The summed E-state index contributed by atoms with van der Waals surface area (Å²) in [7, 11) is 3.76. The molecule has 2 aromatic rings. The highest BCUT2D eigenvalue weighted by atomic mass is 16.2. The first-order chi connectivity index (χ1) is 11.9. The van der Waals surface area contributed by atoms with Gasteiger partial charge in [0.25, 0.3) is 5.91 Å². The number of rotatable bonds is 4. The molecule has 0 fully saturated rings.